The second-order valence-corrected chi connectivity index (χ2v) is 12.8. The second kappa shape index (κ2) is 11.9. The summed E-state index contributed by atoms with van der Waals surface area (Å²) in [6.07, 6.45) is 2.92. The van der Waals surface area contributed by atoms with Gasteiger partial charge in [0.15, 0.2) is 0 Å². The molecular weight excluding hydrogens is 535 g/mol. The molecular formula is C31H33FO7S. The molecule has 1 aliphatic carbocycles. The first-order chi connectivity index (χ1) is 19.2. The van der Waals surface area contributed by atoms with Crippen molar-refractivity contribution in [2.24, 2.45) is 0 Å². The van der Waals surface area contributed by atoms with Gasteiger partial charge in [-0.2, -0.15) is 0 Å². The quantitative estimate of drug-likeness (QED) is 0.296. The van der Waals surface area contributed by atoms with Crippen molar-refractivity contribution in [2.75, 3.05) is 24.7 Å². The summed E-state index contributed by atoms with van der Waals surface area (Å²) in [7, 11) is -3.01. The average Bonchev–Trinajstić information content (AvgIpc) is 3.23. The van der Waals surface area contributed by atoms with Crippen molar-refractivity contribution < 1.29 is 36.9 Å². The van der Waals surface area contributed by atoms with Crippen LogP contribution in [0.5, 0.6) is 17.2 Å². The highest BCUT2D eigenvalue weighted by Gasteiger charge is 2.27. The Kier molecular flexibility index (Phi) is 8.30. The van der Waals surface area contributed by atoms with E-state index >= 15 is 4.39 Å². The Morgan fingerprint density at radius 1 is 1.02 bits per heavy atom. The van der Waals surface area contributed by atoms with Gasteiger partial charge in [0, 0.05) is 28.9 Å². The van der Waals surface area contributed by atoms with Crippen LogP contribution < -0.4 is 14.2 Å². The highest BCUT2D eigenvalue weighted by Crippen LogP contribution is 2.39. The van der Waals surface area contributed by atoms with Gasteiger partial charge in [0.2, 0.25) is 0 Å². The molecule has 1 atom stereocenters. The number of carboxylic acid groups (broad SMARTS) is 1. The predicted octanol–water partition coefficient (Wildman–Crippen LogP) is 5.71. The molecule has 1 aliphatic heterocycles. The summed E-state index contributed by atoms with van der Waals surface area (Å²) in [6.45, 7) is 2.33. The van der Waals surface area contributed by atoms with Gasteiger partial charge in [-0.1, -0.05) is 19.1 Å². The largest absolute Gasteiger partial charge is 0.494 e. The Morgan fingerprint density at radius 2 is 1.77 bits per heavy atom. The molecule has 1 N–H and O–H groups in total. The van der Waals surface area contributed by atoms with Gasteiger partial charge in [0.25, 0.3) is 0 Å². The number of hydrogen-bond donors (Lipinski definition) is 1. The molecule has 0 spiro atoms. The summed E-state index contributed by atoms with van der Waals surface area (Å²) >= 11 is 0. The van der Waals surface area contributed by atoms with Crippen molar-refractivity contribution in [3.8, 4) is 28.4 Å². The van der Waals surface area contributed by atoms with E-state index in [0.29, 0.717) is 42.4 Å². The molecule has 0 radical (unpaired) electrons. The number of ether oxygens (including phenoxy) is 3. The van der Waals surface area contributed by atoms with Crippen molar-refractivity contribution in [1.29, 1.82) is 0 Å². The molecule has 0 unspecified atom stereocenters. The van der Waals surface area contributed by atoms with Gasteiger partial charge in [-0.15, -0.1) is 0 Å². The number of benzene rings is 3. The van der Waals surface area contributed by atoms with Gasteiger partial charge in [0.1, 0.15) is 39.5 Å². The SMILES string of the molecule is CCS(=O)(=O)CCCOc1ccc2c(c1)CCCc1cc(F)c(COc3ccc4c(c3)OC[C@H]4CC(=O)O)cc1-2. The van der Waals surface area contributed by atoms with Gasteiger partial charge < -0.3 is 19.3 Å². The lowest BCUT2D eigenvalue weighted by Gasteiger charge is -2.15. The fourth-order valence-electron chi connectivity index (χ4n) is 5.33. The van der Waals surface area contributed by atoms with Crippen molar-refractivity contribution in [1.82, 2.24) is 0 Å². The number of carbonyl (C=O) groups is 1. The highest BCUT2D eigenvalue weighted by molar-refractivity contribution is 7.91. The number of halogens is 1. The third-order valence-corrected chi connectivity index (χ3v) is 9.31. The third-order valence-electron chi connectivity index (χ3n) is 7.52. The van der Waals surface area contributed by atoms with Crippen LogP contribution >= 0.6 is 0 Å². The van der Waals surface area contributed by atoms with Crippen LogP contribution in [0.25, 0.3) is 11.1 Å². The molecule has 0 saturated heterocycles. The lowest BCUT2D eigenvalue weighted by Crippen LogP contribution is -2.11. The Morgan fingerprint density at radius 3 is 2.55 bits per heavy atom. The maximum absolute atomic E-state index is 15.1. The van der Waals surface area contributed by atoms with E-state index in [9.17, 15) is 13.2 Å². The van der Waals surface area contributed by atoms with E-state index in [4.69, 9.17) is 19.3 Å². The van der Waals surface area contributed by atoms with Crippen LogP contribution in [0.1, 0.15) is 54.4 Å². The van der Waals surface area contributed by atoms with Gasteiger partial charge in [-0.25, -0.2) is 12.8 Å². The van der Waals surface area contributed by atoms with Crippen molar-refractivity contribution in [3.63, 3.8) is 0 Å². The number of aliphatic carboxylic acids is 1. The lowest BCUT2D eigenvalue weighted by atomic mass is 9.94. The normalized spacial score (nSPS) is 15.8. The fraction of sp³-hybridized carbons (Fsp3) is 0.387. The maximum atomic E-state index is 15.1. The number of aryl methyl sites for hydroxylation is 2. The second-order valence-electron chi connectivity index (χ2n) is 10.3. The zero-order chi connectivity index (χ0) is 28.3. The monoisotopic (exact) mass is 568 g/mol. The Labute approximate surface area is 233 Å². The van der Waals surface area contributed by atoms with Crippen molar-refractivity contribution >= 4 is 15.8 Å². The zero-order valence-electron chi connectivity index (χ0n) is 22.5. The molecule has 0 saturated carbocycles. The Bertz CT molecular complexity index is 1520. The van der Waals surface area contributed by atoms with Crippen LogP contribution in [0.2, 0.25) is 0 Å². The summed E-state index contributed by atoms with van der Waals surface area (Å²) in [5, 5.41) is 9.10. The summed E-state index contributed by atoms with van der Waals surface area (Å²) in [4.78, 5) is 11.1. The lowest BCUT2D eigenvalue weighted by molar-refractivity contribution is -0.137. The highest BCUT2D eigenvalue weighted by atomic mass is 32.2. The van der Waals surface area contributed by atoms with Crippen LogP contribution in [-0.2, 0) is 34.1 Å². The van der Waals surface area contributed by atoms with E-state index in [-0.39, 0.29) is 36.3 Å². The molecule has 212 valence electrons. The number of sulfone groups is 1. The third kappa shape index (κ3) is 6.41. The first-order valence-electron chi connectivity index (χ1n) is 13.6. The van der Waals surface area contributed by atoms with Crippen LogP contribution in [0.4, 0.5) is 4.39 Å². The molecule has 9 heteroatoms. The van der Waals surface area contributed by atoms with Crippen LogP contribution in [-0.4, -0.2) is 44.2 Å². The summed E-state index contributed by atoms with van der Waals surface area (Å²) < 4.78 is 56.0. The molecule has 3 aromatic carbocycles. The van der Waals surface area contributed by atoms with Gasteiger partial charge in [-0.05, 0) is 78.3 Å². The van der Waals surface area contributed by atoms with Crippen LogP contribution in [0.15, 0.2) is 48.5 Å². The minimum Gasteiger partial charge on any atom is -0.494 e. The number of rotatable bonds is 11. The Hall–Kier alpha value is -3.59. The minimum absolute atomic E-state index is 0.00587. The van der Waals surface area contributed by atoms with Gasteiger partial charge >= 0.3 is 5.97 Å². The summed E-state index contributed by atoms with van der Waals surface area (Å²) in [5.41, 5.74) is 5.36. The molecule has 5 rings (SSSR count). The number of fused-ring (bicyclic) bond motifs is 4. The topological polar surface area (TPSA) is 99.1 Å². The first-order valence-corrected chi connectivity index (χ1v) is 15.4. The minimum atomic E-state index is -3.01. The van der Waals surface area contributed by atoms with E-state index in [1.54, 1.807) is 25.1 Å². The average molecular weight is 569 g/mol. The molecule has 0 amide bonds. The molecule has 3 aromatic rings. The summed E-state index contributed by atoms with van der Waals surface area (Å²) in [6, 6.07) is 14.6. The van der Waals surface area contributed by atoms with E-state index in [1.165, 1.54) is 0 Å². The first kappa shape index (κ1) is 28.0. The molecule has 2 aliphatic rings. The van der Waals surface area contributed by atoms with Crippen molar-refractivity contribution in [2.45, 2.75) is 51.6 Å². The van der Waals surface area contributed by atoms with E-state index < -0.39 is 15.8 Å². The summed E-state index contributed by atoms with van der Waals surface area (Å²) in [5.74, 6) is 0.701. The molecule has 1 heterocycles. The van der Waals surface area contributed by atoms with Crippen LogP contribution in [0, 0.1) is 5.82 Å². The standard InChI is InChI=1S/C31H33FO7S/c1-2-40(35,36)12-4-11-37-24-7-9-26-20(13-24)5-3-6-21-15-29(32)23(14-28(21)26)19-38-25-8-10-27-22(16-31(33)34)18-39-30(27)17-25/h7-10,13-15,17,22H,2-6,11-12,16,18-19H2,1H3,(H,33,34)/t22-/m1/s1. The fourth-order valence-corrected chi connectivity index (χ4v) is 6.17. The van der Waals surface area contributed by atoms with E-state index in [2.05, 4.69) is 0 Å². The zero-order valence-corrected chi connectivity index (χ0v) is 23.3. The molecule has 0 bridgehead atoms. The number of hydrogen-bond acceptors (Lipinski definition) is 6. The van der Waals surface area contributed by atoms with Crippen molar-refractivity contribution in [3.05, 3.63) is 76.6 Å². The molecule has 0 aromatic heterocycles. The Balaban J connectivity index is 1.29. The van der Waals surface area contributed by atoms with E-state index in [0.717, 1.165) is 47.1 Å². The molecule has 0 fully saturated rings. The maximum Gasteiger partial charge on any atom is 0.304 e. The van der Waals surface area contributed by atoms with Crippen LogP contribution in [0.3, 0.4) is 0 Å². The molecule has 7 nitrogen and oxygen atoms in total. The van der Waals surface area contributed by atoms with Gasteiger partial charge in [0.05, 0.1) is 25.4 Å². The smallest absolute Gasteiger partial charge is 0.304 e. The predicted molar refractivity (Wildman–Crippen MR) is 150 cm³/mol. The van der Waals surface area contributed by atoms with E-state index in [1.807, 2.05) is 30.3 Å². The molecule has 40 heavy (non-hydrogen) atoms. The van der Waals surface area contributed by atoms with Gasteiger partial charge in [-0.3, -0.25) is 4.79 Å². The number of carboxylic acids is 1.